The summed E-state index contributed by atoms with van der Waals surface area (Å²) in [5, 5.41) is 2.86. The third kappa shape index (κ3) is 4.10. The van der Waals surface area contributed by atoms with Crippen molar-refractivity contribution in [2.45, 2.75) is 6.54 Å². The second kappa shape index (κ2) is 8.10. The summed E-state index contributed by atoms with van der Waals surface area (Å²) < 4.78 is 20.8. The minimum Gasteiger partial charge on any atom is -0.497 e. The Hall–Kier alpha value is -2.89. The van der Waals surface area contributed by atoms with Gasteiger partial charge in [0.05, 0.1) is 28.4 Å². The van der Waals surface area contributed by atoms with Gasteiger partial charge in [0.15, 0.2) is 11.5 Å². The molecule has 0 heterocycles. The van der Waals surface area contributed by atoms with Gasteiger partial charge >= 0.3 is 0 Å². The summed E-state index contributed by atoms with van der Waals surface area (Å²) >= 11 is 0. The molecular weight excluding hydrogens is 310 g/mol. The topological polar surface area (TPSA) is 66.0 Å². The molecule has 128 valence electrons. The van der Waals surface area contributed by atoms with Gasteiger partial charge in [-0.15, -0.1) is 0 Å². The van der Waals surface area contributed by atoms with E-state index in [0.29, 0.717) is 35.1 Å². The number of hydrogen-bond acceptors (Lipinski definition) is 5. The van der Waals surface area contributed by atoms with Crippen molar-refractivity contribution in [3.63, 3.8) is 0 Å². The Bertz CT molecular complexity index is 692. The fourth-order valence-corrected chi connectivity index (χ4v) is 2.23. The summed E-state index contributed by atoms with van der Waals surface area (Å²) in [5.41, 5.74) is 1.36. The zero-order valence-corrected chi connectivity index (χ0v) is 14.2. The summed E-state index contributed by atoms with van der Waals surface area (Å²) in [4.78, 5) is 12.3. The fourth-order valence-electron chi connectivity index (χ4n) is 2.23. The molecule has 0 aliphatic heterocycles. The lowest BCUT2D eigenvalue weighted by Crippen LogP contribution is -2.22. The van der Waals surface area contributed by atoms with E-state index in [4.69, 9.17) is 18.9 Å². The standard InChI is InChI=1S/C18H21NO5/c1-21-14-7-12(8-15(10-14)22-2)11-19-18(20)13-5-6-16(23-3)17(9-13)24-4/h5-10H,11H2,1-4H3,(H,19,20). The Balaban J connectivity index is 2.10. The predicted octanol–water partition coefficient (Wildman–Crippen LogP) is 2.65. The van der Waals surface area contributed by atoms with Gasteiger partial charge in [-0.3, -0.25) is 4.79 Å². The van der Waals surface area contributed by atoms with E-state index in [9.17, 15) is 4.79 Å². The number of carbonyl (C=O) groups excluding carboxylic acids is 1. The SMILES string of the molecule is COc1cc(CNC(=O)c2ccc(OC)c(OC)c2)cc(OC)c1. The maximum Gasteiger partial charge on any atom is 0.251 e. The number of hydrogen-bond donors (Lipinski definition) is 1. The number of carbonyl (C=O) groups is 1. The maximum absolute atomic E-state index is 12.3. The smallest absolute Gasteiger partial charge is 0.251 e. The van der Waals surface area contributed by atoms with Crippen LogP contribution in [-0.2, 0) is 6.54 Å². The van der Waals surface area contributed by atoms with Crippen LogP contribution in [0.15, 0.2) is 36.4 Å². The molecule has 0 aliphatic rings. The number of ether oxygens (including phenoxy) is 4. The molecule has 2 aromatic carbocycles. The molecule has 0 bridgehead atoms. The second-order valence-electron chi connectivity index (χ2n) is 4.97. The highest BCUT2D eigenvalue weighted by molar-refractivity contribution is 5.94. The molecule has 0 fully saturated rings. The molecule has 0 spiro atoms. The molecule has 2 rings (SSSR count). The first kappa shape index (κ1) is 17.5. The molecule has 0 saturated heterocycles. The van der Waals surface area contributed by atoms with Crippen molar-refractivity contribution in [2.75, 3.05) is 28.4 Å². The highest BCUT2D eigenvalue weighted by Gasteiger charge is 2.11. The van der Waals surface area contributed by atoms with Gasteiger partial charge in [-0.2, -0.15) is 0 Å². The Morgan fingerprint density at radius 2 is 1.46 bits per heavy atom. The van der Waals surface area contributed by atoms with Gasteiger partial charge in [-0.05, 0) is 35.9 Å². The van der Waals surface area contributed by atoms with E-state index in [1.165, 1.54) is 7.11 Å². The number of rotatable bonds is 7. The minimum absolute atomic E-state index is 0.210. The van der Waals surface area contributed by atoms with E-state index in [1.54, 1.807) is 45.6 Å². The van der Waals surface area contributed by atoms with Crippen LogP contribution in [0.3, 0.4) is 0 Å². The average molecular weight is 331 g/mol. The summed E-state index contributed by atoms with van der Waals surface area (Å²) in [6.07, 6.45) is 0. The molecule has 2 aromatic rings. The van der Waals surface area contributed by atoms with Crippen LogP contribution >= 0.6 is 0 Å². The van der Waals surface area contributed by atoms with Crippen LogP contribution in [0.2, 0.25) is 0 Å². The monoisotopic (exact) mass is 331 g/mol. The van der Waals surface area contributed by atoms with Crippen LogP contribution in [-0.4, -0.2) is 34.3 Å². The molecule has 0 atom stereocenters. The molecule has 1 N–H and O–H groups in total. The Kier molecular flexibility index (Phi) is 5.89. The first-order valence-corrected chi connectivity index (χ1v) is 7.33. The van der Waals surface area contributed by atoms with Crippen molar-refractivity contribution >= 4 is 5.91 Å². The van der Waals surface area contributed by atoms with Crippen molar-refractivity contribution in [1.29, 1.82) is 0 Å². The predicted molar refractivity (Wildman–Crippen MR) is 90.3 cm³/mol. The zero-order chi connectivity index (χ0) is 17.5. The summed E-state index contributed by atoms with van der Waals surface area (Å²) in [5.74, 6) is 2.21. The van der Waals surface area contributed by atoms with E-state index < -0.39 is 0 Å². The van der Waals surface area contributed by atoms with Gasteiger partial charge < -0.3 is 24.3 Å². The molecular formula is C18H21NO5. The van der Waals surface area contributed by atoms with E-state index in [1.807, 2.05) is 12.1 Å². The van der Waals surface area contributed by atoms with Crippen LogP contribution < -0.4 is 24.3 Å². The lowest BCUT2D eigenvalue weighted by Gasteiger charge is -2.11. The third-order valence-electron chi connectivity index (χ3n) is 3.51. The molecule has 6 nitrogen and oxygen atoms in total. The van der Waals surface area contributed by atoms with E-state index in [2.05, 4.69) is 5.32 Å². The van der Waals surface area contributed by atoms with Gasteiger partial charge in [-0.25, -0.2) is 0 Å². The van der Waals surface area contributed by atoms with Crippen molar-refractivity contribution in [1.82, 2.24) is 5.32 Å². The van der Waals surface area contributed by atoms with E-state index >= 15 is 0 Å². The largest absolute Gasteiger partial charge is 0.497 e. The van der Waals surface area contributed by atoms with Gasteiger partial charge in [-0.1, -0.05) is 0 Å². The Labute approximate surface area is 141 Å². The molecule has 0 radical (unpaired) electrons. The molecule has 0 saturated carbocycles. The normalized spacial score (nSPS) is 10.0. The number of amides is 1. The first-order chi connectivity index (χ1) is 11.6. The zero-order valence-electron chi connectivity index (χ0n) is 14.2. The average Bonchev–Trinajstić information content (AvgIpc) is 2.64. The number of methoxy groups -OCH3 is 4. The van der Waals surface area contributed by atoms with Crippen LogP contribution in [0.1, 0.15) is 15.9 Å². The summed E-state index contributed by atoms with van der Waals surface area (Å²) in [6.45, 7) is 0.348. The van der Waals surface area contributed by atoms with Gasteiger partial charge in [0.25, 0.3) is 5.91 Å². The Morgan fingerprint density at radius 3 is 2.00 bits per heavy atom. The van der Waals surface area contributed by atoms with Gasteiger partial charge in [0.2, 0.25) is 0 Å². The third-order valence-corrected chi connectivity index (χ3v) is 3.51. The molecule has 0 aliphatic carbocycles. The van der Waals surface area contributed by atoms with Gasteiger partial charge in [0.1, 0.15) is 11.5 Å². The fraction of sp³-hybridized carbons (Fsp3) is 0.278. The van der Waals surface area contributed by atoms with Crippen molar-refractivity contribution in [3.05, 3.63) is 47.5 Å². The van der Waals surface area contributed by atoms with Crippen LogP contribution in [0.4, 0.5) is 0 Å². The molecule has 1 amide bonds. The van der Waals surface area contributed by atoms with Crippen molar-refractivity contribution in [3.8, 4) is 23.0 Å². The Morgan fingerprint density at radius 1 is 0.833 bits per heavy atom. The van der Waals surface area contributed by atoms with Crippen molar-refractivity contribution < 1.29 is 23.7 Å². The molecule has 6 heteroatoms. The number of benzene rings is 2. The summed E-state index contributed by atoms with van der Waals surface area (Å²) in [6, 6.07) is 10.5. The highest BCUT2D eigenvalue weighted by Crippen LogP contribution is 2.27. The van der Waals surface area contributed by atoms with Crippen LogP contribution in [0.25, 0.3) is 0 Å². The lowest BCUT2D eigenvalue weighted by atomic mass is 10.1. The second-order valence-corrected chi connectivity index (χ2v) is 4.97. The van der Waals surface area contributed by atoms with Crippen LogP contribution in [0.5, 0.6) is 23.0 Å². The molecule has 0 aromatic heterocycles. The minimum atomic E-state index is -0.210. The number of nitrogens with one attached hydrogen (secondary N) is 1. The van der Waals surface area contributed by atoms with Crippen LogP contribution in [0, 0.1) is 0 Å². The first-order valence-electron chi connectivity index (χ1n) is 7.33. The maximum atomic E-state index is 12.3. The molecule has 24 heavy (non-hydrogen) atoms. The molecule has 0 unspecified atom stereocenters. The van der Waals surface area contributed by atoms with E-state index in [-0.39, 0.29) is 5.91 Å². The summed E-state index contributed by atoms with van der Waals surface area (Å²) in [7, 11) is 6.25. The van der Waals surface area contributed by atoms with Crippen molar-refractivity contribution in [2.24, 2.45) is 0 Å². The lowest BCUT2D eigenvalue weighted by molar-refractivity contribution is 0.0950. The quantitative estimate of drug-likeness (QED) is 0.845. The van der Waals surface area contributed by atoms with E-state index in [0.717, 1.165) is 5.56 Å². The van der Waals surface area contributed by atoms with Gasteiger partial charge in [0, 0.05) is 18.2 Å². The highest BCUT2D eigenvalue weighted by atomic mass is 16.5.